The zero-order valence-electron chi connectivity index (χ0n) is 19.4. The van der Waals surface area contributed by atoms with Crippen molar-refractivity contribution in [2.75, 3.05) is 17.2 Å². The quantitative estimate of drug-likeness (QED) is 0.288. The maximum Gasteiger partial charge on any atom is 0.306 e. The number of carbonyl (C=O) groups is 3. The molecule has 0 aliphatic rings. The molecule has 0 aliphatic carbocycles. The van der Waals surface area contributed by atoms with Crippen molar-refractivity contribution in [2.45, 2.75) is 32.6 Å². The summed E-state index contributed by atoms with van der Waals surface area (Å²) in [7, 11) is 0. The van der Waals surface area contributed by atoms with Crippen LogP contribution in [0.1, 0.15) is 31.7 Å². The number of aryl methyl sites for hydroxylation is 1. The average Bonchev–Trinajstić information content (AvgIpc) is 2.86. The summed E-state index contributed by atoms with van der Waals surface area (Å²) in [5, 5.41) is 5.53. The van der Waals surface area contributed by atoms with E-state index in [1.165, 1.54) is 0 Å². The van der Waals surface area contributed by atoms with Crippen molar-refractivity contribution in [1.29, 1.82) is 0 Å². The van der Waals surface area contributed by atoms with Crippen LogP contribution in [-0.4, -0.2) is 24.4 Å². The third kappa shape index (κ3) is 8.90. The van der Waals surface area contributed by atoms with Gasteiger partial charge in [-0.25, -0.2) is 0 Å². The van der Waals surface area contributed by atoms with Crippen molar-refractivity contribution in [1.82, 2.24) is 0 Å². The molecular formula is C27H27BrN2O5. The molecule has 8 heteroatoms. The van der Waals surface area contributed by atoms with E-state index in [9.17, 15) is 14.4 Å². The molecule has 3 rings (SSSR count). The Morgan fingerprint density at radius 3 is 2.14 bits per heavy atom. The lowest BCUT2D eigenvalue weighted by molar-refractivity contribution is -0.147. The van der Waals surface area contributed by atoms with Gasteiger partial charge < -0.3 is 20.1 Å². The molecule has 2 amide bonds. The number of esters is 1. The Kier molecular flexibility index (Phi) is 9.86. The van der Waals surface area contributed by atoms with Gasteiger partial charge in [-0.1, -0.05) is 41.1 Å². The number of anilines is 2. The third-order valence-corrected chi connectivity index (χ3v) is 5.54. The van der Waals surface area contributed by atoms with E-state index < -0.39 is 11.9 Å². The van der Waals surface area contributed by atoms with Gasteiger partial charge >= 0.3 is 5.97 Å². The lowest BCUT2D eigenvalue weighted by Gasteiger charge is -2.10. The van der Waals surface area contributed by atoms with Gasteiger partial charge in [-0.05, 0) is 73.0 Å². The number of para-hydroxylation sites is 1. The fraction of sp³-hybridized carbons (Fsp3) is 0.222. The van der Waals surface area contributed by atoms with Gasteiger partial charge in [0.25, 0.3) is 5.91 Å². The Morgan fingerprint density at radius 1 is 0.800 bits per heavy atom. The van der Waals surface area contributed by atoms with E-state index in [1.54, 1.807) is 30.3 Å². The third-order valence-electron chi connectivity index (χ3n) is 5.01. The van der Waals surface area contributed by atoms with Crippen molar-refractivity contribution in [2.24, 2.45) is 0 Å². The Labute approximate surface area is 213 Å². The van der Waals surface area contributed by atoms with Crippen molar-refractivity contribution < 1.29 is 23.9 Å². The molecular weight excluding hydrogens is 512 g/mol. The molecule has 0 bridgehead atoms. The van der Waals surface area contributed by atoms with Crippen molar-refractivity contribution in [3.05, 3.63) is 82.8 Å². The van der Waals surface area contributed by atoms with Gasteiger partial charge in [0.15, 0.2) is 6.61 Å². The summed E-state index contributed by atoms with van der Waals surface area (Å²) < 4.78 is 11.7. The lowest BCUT2D eigenvalue weighted by atomic mass is 10.1. The number of amides is 2. The SMILES string of the molecule is CCc1ccccc1NC(=O)COC(=O)CCCC(=O)Nc1ccc(Oc2ccc(Br)cc2)cc1. The van der Waals surface area contributed by atoms with E-state index in [0.717, 1.165) is 16.5 Å². The lowest BCUT2D eigenvalue weighted by Crippen LogP contribution is -2.21. The maximum absolute atomic E-state index is 12.2. The molecule has 0 spiro atoms. The summed E-state index contributed by atoms with van der Waals surface area (Å²) in [5.74, 6) is 0.222. The first-order chi connectivity index (χ1) is 16.9. The number of hydrogen-bond donors (Lipinski definition) is 2. The Bertz CT molecular complexity index is 1150. The predicted molar refractivity (Wildman–Crippen MR) is 139 cm³/mol. The summed E-state index contributed by atoms with van der Waals surface area (Å²) in [4.78, 5) is 36.1. The first-order valence-corrected chi connectivity index (χ1v) is 12.1. The highest BCUT2D eigenvalue weighted by atomic mass is 79.9. The van der Waals surface area contributed by atoms with E-state index in [-0.39, 0.29) is 25.4 Å². The van der Waals surface area contributed by atoms with Gasteiger partial charge in [0, 0.05) is 28.7 Å². The Balaban J connectivity index is 1.33. The molecule has 0 saturated heterocycles. The summed E-state index contributed by atoms with van der Waals surface area (Å²) in [6, 6.07) is 22.0. The van der Waals surface area contributed by atoms with Crippen LogP contribution < -0.4 is 15.4 Å². The summed E-state index contributed by atoms with van der Waals surface area (Å²) in [6.45, 7) is 1.63. The molecule has 0 unspecified atom stereocenters. The van der Waals surface area contributed by atoms with Crippen molar-refractivity contribution in [3.8, 4) is 11.5 Å². The van der Waals surface area contributed by atoms with E-state index in [1.807, 2.05) is 49.4 Å². The fourth-order valence-corrected chi connectivity index (χ4v) is 3.48. The highest BCUT2D eigenvalue weighted by molar-refractivity contribution is 9.10. The molecule has 0 atom stereocenters. The predicted octanol–water partition coefficient (Wildman–Crippen LogP) is 6.09. The highest BCUT2D eigenvalue weighted by Crippen LogP contribution is 2.24. The van der Waals surface area contributed by atoms with Gasteiger partial charge in [0.1, 0.15) is 11.5 Å². The zero-order valence-corrected chi connectivity index (χ0v) is 21.0. The number of halogens is 1. The molecule has 0 radical (unpaired) electrons. The molecule has 7 nitrogen and oxygen atoms in total. The second-order valence-corrected chi connectivity index (χ2v) is 8.62. The second kappa shape index (κ2) is 13.3. The van der Waals surface area contributed by atoms with Crippen LogP contribution in [-0.2, 0) is 25.5 Å². The second-order valence-electron chi connectivity index (χ2n) is 7.70. The summed E-state index contributed by atoms with van der Waals surface area (Å²) >= 11 is 3.38. The Morgan fingerprint density at radius 2 is 1.46 bits per heavy atom. The Hall–Kier alpha value is -3.65. The van der Waals surface area contributed by atoms with Crippen LogP contribution in [0.4, 0.5) is 11.4 Å². The van der Waals surface area contributed by atoms with Crippen LogP contribution in [0.5, 0.6) is 11.5 Å². The van der Waals surface area contributed by atoms with Crippen LogP contribution in [0.2, 0.25) is 0 Å². The smallest absolute Gasteiger partial charge is 0.306 e. The number of ether oxygens (including phenoxy) is 2. The molecule has 0 aliphatic heterocycles. The van der Waals surface area contributed by atoms with Crippen LogP contribution in [0.15, 0.2) is 77.3 Å². The number of rotatable bonds is 11. The monoisotopic (exact) mass is 538 g/mol. The number of hydrogen-bond acceptors (Lipinski definition) is 5. The first kappa shape index (κ1) is 26.0. The molecule has 182 valence electrons. The maximum atomic E-state index is 12.2. The van der Waals surface area contributed by atoms with Gasteiger partial charge in [0.2, 0.25) is 5.91 Å². The molecule has 0 heterocycles. The van der Waals surface area contributed by atoms with Gasteiger partial charge in [-0.3, -0.25) is 14.4 Å². The van der Waals surface area contributed by atoms with E-state index >= 15 is 0 Å². The topological polar surface area (TPSA) is 93.7 Å². The van der Waals surface area contributed by atoms with Gasteiger partial charge in [-0.2, -0.15) is 0 Å². The van der Waals surface area contributed by atoms with Crippen molar-refractivity contribution >= 4 is 45.1 Å². The summed E-state index contributed by atoms with van der Waals surface area (Å²) in [6.07, 6.45) is 1.30. The highest BCUT2D eigenvalue weighted by Gasteiger charge is 2.11. The van der Waals surface area contributed by atoms with E-state index in [2.05, 4.69) is 26.6 Å². The average molecular weight is 539 g/mol. The number of nitrogens with one attached hydrogen (secondary N) is 2. The number of carbonyl (C=O) groups excluding carboxylic acids is 3. The minimum Gasteiger partial charge on any atom is -0.457 e. The minimum atomic E-state index is -0.522. The molecule has 2 N–H and O–H groups in total. The van der Waals surface area contributed by atoms with Crippen LogP contribution >= 0.6 is 15.9 Å². The van der Waals surface area contributed by atoms with Crippen molar-refractivity contribution in [3.63, 3.8) is 0 Å². The van der Waals surface area contributed by atoms with Crippen LogP contribution in [0.25, 0.3) is 0 Å². The fourth-order valence-electron chi connectivity index (χ4n) is 3.22. The van der Waals surface area contributed by atoms with E-state index in [4.69, 9.17) is 9.47 Å². The molecule has 35 heavy (non-hydrogen) atoms. The normalized spacial score (nSPS) is 10.3. The standard InChI is InChI=1S/C27H27BrN2O5/c1-2-19-6-3-4-7-24(19)30-26(32)18-34-27(33)9-5-8-25(31)29-21-12-16-23(17-13-21)35-22-14-10-20(28)11-15-22/h3-4,6-7,10-17H,2,5,8-9,18H2,1H3,(H,29,31)(H,30,32). The largest absolute Gasteiger partial charge is 0.457 e. The van der Waals surface area contributed by atoms with Crippen LogP contribution in [0.3, 0.4) is 0 Å². The first-order valence-electron chi connectivity index (χ1n) is 11.3. The minimum absolute atomic E-state index is 0.0478. The molecule has 0 saturated carbocycles. The summed E-state index contributed by atoms with van der Waals surface area (Å²) in [5.41, 5.74) is 2.34. The van der Waals surface area contributed by atoms with Gasteiger partial charge in [-0.15, -0.1) is 0 Å². The van der Waals surface area contributed by atoms with Crippen LogP contribution in [0, 0.1) is 0 Å². The van der Waals surface area contributed by atoms with Gasteiger partial charge in [0.05, 0.1) is 0 Å². The molecule has 0 fully saturated rings. The molecule has 0 aromatic heterocycles. The molecule has 3 aromatic rings. The molecule has 3 aromatic carbocycles. The van der Waals surface area contributed by atoms with E-state index in [0.29, 0.717) is 29.3 Å². The zero-order chi connectivity index (χ0) is 25.0. The number of benzene rings is 3.